The van der Waals surface area contributed by atoms with E-state index in [-0.39, 0.29) is 11.8 Å². The van der Waals surface area contributed by atoms with Crippen molar-refractivity contribution in [3.05, 3.63) is 35.3 Å². The van der Waals surface area contributed by atoms with E-state index in [2.05, 4.69) is 32.1 Å². The lowest BCUT2D eigenvalue weighted by Crippen LogP contribution is -2.20. The molecular weight excluding hydrogens is 300 g/mol. The maximum atomic E-state index is 11.0. The highest BCUT2D eigenvalue weighted by Gasteiger charge is 2.27. The molecule has 2 rings (SSSR count). The van der Waals surface area contributed by atoms with Crippen molar-refractivity contribution < 1.29 is 14.3 Å². The molecule has 2 atom stereocenters. The Bertz CT molecular complexity index is 507. The number of hydrogen-bond acceptors (Lipinski definition) is 3. The third kappa shape index (κ3) is 4.31. The van der Waals surface area contributed by atoms with Gasteiger partial charge in [0.15, 0.2) is 5.76 Å². The second kappa shape index (κ2) is 9.10. The van der Waals surface area contributed by atoms with Crippen LogP contribution in [-0.4, -0.2) is 20.5 Å². The van der Waals surface area contributed by atoms with E-state index in [1.54, 1.807) is 14.2 Å². The summed E-state index contributed by atoms with van der Waals surface area (Å²) in [6.07, 6.45) is 14.2. The Balaban J connectivity index is 2.36. The first-order valence-corrected chi connectivity index (χ1v) is 9.30. The number of carbonyl (C=O) groups excluding carboxylic acids is 1. The van der Waals surface area contributed by atoms with Gasteiger partial charge in [0.25, 0.3) is 0 Å². The summed E-state index contributed by atoms with van der Waals surface area (Å²) in [4.78, 5) is 11.0. The van der Waals surface area contributed by atoms with Crippen LogP contribution in [0.5, 0.6) is 0 Å². The van der Waals surface area contributed by atoms with Crippen LogP contribution in [-0.2, 0) is 14.3 Å². The van der Waals surface area contributed by atoms with Crippen molar-refractivity contribution in [1.82, 2.24) is 0 Å². The average Bonchev–Trinajstić information content (AvgIpc) is 2.69. The molecular formula is C21H32O3. The molecule has 0 amide bonds. The molecule has 0 aliphatic heterocycles. The fourth-order valence-electron chi connectivity index (χ4n) is 4.06. The van der Waals surface area contributed by atoms with E-state index in [9.17, 15) is 4.79 Å². The fourth-order valence-corrected chi connectivity index (χ4v) is 4.06. The number of hydrogen-bond donors (Lipinski definition) is 0. The number of methoxy groups -OCH3 is 2. The molecule has 2 unspecified atom stereocenters. The zero-order valence-electron chi connectivity index (χ0n) is 15.6. The number of rotatable bonds is 5. The van der Waals surface area contributed by atoms with Crippen LogP contribution in [0.2, 0.25) is 0 Å². The first-order chi connectivity index (χ1) is 11.6. The van der Waals surface area contributed by atoms with Gasteiger partial charge in [-0.3, -0.25) is 0 Å². The first-order valence-electron chi connectivity index (χ1n) is 9.30. The highest BCUT2D eigenvalue weighted by Crippen LogP contribution is 2.38. The van der Waals surface area contributed by atoms with Crippen LogP contribution >= 0.6 is 0 Å². The van der Waals surface area contributed by atoms with Gasteiger partial charge in [0.2, 0.25) is 0 Å². The molecule has 0 N–H and O–H groups in total. The topological polar surface area (TPSA) is 35.5 Å². The van der Waals surface area contributed by atoms with Crippen molar-refractivity contribution in [2.24, 2.45) is 23.7 Å². The molecule has 1 fully saturated rings. The Morgan fingerprint density at radius 3 is 2.42 bits per heavy atom. The number of ether oxygens (including phenoxy) is 2. The maximum absolute atomic E-state index is 11.0. The van der Waals surface area contributed by atoms with Crippen molar-refractivity contribution in [3.63, 3.8) is 0 Å². The molecule has 1 saturated carbocycles. The lowest BCUT2D eigenvalue weighted by atomic mass is 9.75. The van der Waals surface area contributed by atoms with E-state index in [0.29, 0.717) is 11.8 Å². The van der Waals surface area contributed by atoms with Crippen LogP contribution < -0.4 is 0 Å². The van der Waals surface area contributed by atoms with Crippen LogP contribution in [0.3, 0.4) is 0 Å². The number of aldehydes is 1. The normalized spacial score (nSPS) is 38.1. The molecule has 24 heavy (non-hydrogen) atoms. The van der Waals surface area contributed by atoms with Crippen molar-refractivity contribution in [1.29, 1.82) is 0 Å². The lowest BCUT2D eigenvalue weighted by Gasteiger charge is -2.30. The predicted molar refractivity (Wildman–Crippen MR) is 97.3 cm³/mol. The molecule has 0 radical (unpaired) electrons. The molecule has 0 bridgehead atoms. The smallest absolute Gasteiger partial charge is 0.157 e. The molecule has 0 saturated heterocycles. The molecule has 0 heterocycles. The molecule has 0 spiro atoms. The Labute approximate surface area is 146 Å². The summed E-state index contributed by atoms with van der Waals surface area (Å²) in [7, 11) is 3.46. The van der Waals surface area contributed by atoms with Gasteiger partial charge < -0.3 is 14.3 Å². The van der Waals surface area contributed by atoms with E-state index < -0.39 is 0 Å². The summed E-state index contributed by atoms with van der Waals surface area (Å²) in [5, 5.41) is 0. The second-order valence-corrected chi connectivity index (χ2v) is 7.11. The fraction of sp³-hybridized carbons (Fsp3) is 0.667. The van der Waals surface area contributed by atoms with Gasteiger partial charge in [-0.15, -0.1) is 0 Å². The van der Waals surface area contributed by atoms with Crippen LogP contribution in [0.4, 0.5) is 0 Å². The lowest BCUT2D eigenvalue weighted by molar-refractivity contribution is -0.112. The second-order valence-electron chi connectivity index (χ2n) is 7.11. The third-order valence-electron chi connectivity index (χ3n) is 5.62. The molecule has 3 nitrogen and oxygen atoms in total. The molecule has 2 aliphatic carbocycles. The Morgan fingerprint density at radius 2 is 1.88 bits per heavy atom. The summed E-state index contributed by atoms with van der Waals surface area (Å²) >= 11 is 0. The summed E-state index contributed by atoms with van der Waals surface area (Å²) in [5.41, 5.74) is 1.45. The molecule has 3 heteroatoms. The largest absolute Gasteiger partial charge is 0.497 e. The molecule has 134 valence electrons. The van der Waals surface area contributed by atoms with Crippen molar-refractivity contribution in [2.75, 3.05) is 14.2 Å². The Kier molecular flexibility index (Phi) is 7.14. The van der Waals surface area contributed by atoms with Crippen molar-refractivity contribution >= 4 is 6.29 Å². The third-order valence-corrected chi connectivity index (χ3v) is 5.62. The van der Waals surface area contributed by atoms with Crippen LogP contribution in [0.15, 0.2) is 35.3 Å². The SMILES string of the molecule is CCC1/C=C/CC(C)/C(C2CCC(C=O)CC2)=C\C(OC)=C/1OC. The molecule has 0 aromatic carbocycles. The van der Waals surface area contributed by atoms with Gasteiger partial charge in [0.05, 0.1) is 14.2 Å². The minimum Gasteiger partial charge on any atom is -0.497 e. The van der Waals surface area contributed by atoms with Gasteiger partial charge in [-0.25, -0.2) is 0 Å². The van der Waals surface area contributed by atoms with E-state index in [0.717, 1.165) is 56.3 Å². The van der Waals surface area contributed by atoms with E-state index in [1.165, 1.54) is 5.57 Å². The first kappa shape index (κ1) is 18.8. The quantitative estimate of drug-likeness (QED) is 0.522. The summed E-state index contributed by atoms with van der Waals surface area (Å²) in [5.74, 6) is 3.33. The van der Waals surface area contributed by atoms with Gasteiger partial charge in [0, 0.05) is 11.8 Å². The highest BCUT2D eigenvalue weighted by atomic mass is 16.5. The summed E-state index contributed by atoms with van der Waals surface area (Å²) in [6.45, 7) is 4.47. The summed E-state index contributed by atoms with van der Waals surface area (Å²) < 4.78 is 11.4. The number of allylic oxidation sites excluding steroid dienone is 4. The van der Waals surface area contributed by atoms with E-state index in [4.69, 9.17) is 9.47 Å². The standard InChI is InChI=1S/C21H32O3/c1-5-17-8-6-7-15(2)19(13-20(23-3)21(17)24-4)18-11-9-16(14-22)10-12-18/h6,8,13-18H,5,7,9-12H2,1-4H3/b8-6+,19-13+,21-20-. The predicted octanol–water partition coefficient (Wildman–Crippen LogP) is 5.04. The minimum absolute atomic E-state index is 0.254. The van der Waals surface area contributed by atoms with Gasteiger partial charge >= 0.3 is 0 Å². The Morgan fingerprint density at radius 1 is 1.17 bits per heavy atom. The summed E-state index contributed by atoms with van der Waals surface area (Å²) in [6, 6.07) is 0. The maximum Gasteiger partial charge on any atom is 0.157 e. The minimum atomic E-state index is 0.254. The van der Waals surface area contributed by atoms with Gasteiger partial charge in [0.1, 0.15) is 12.0 Å². The van der Waals surface area contributed by atoms with Crippen molar-refractivity contribution in [3.8, 4) is 0 Å². The molecule has 0 aromatic heterocycles. The van der Waals surface area contributed by atoms with Gasteiger partial charge in [-0.05, 0) is 56.4 Å². The van der Waals surface area contributed by atoms with Gasteiger partial charge in [-0.1, -0.05) is 31.6 Å². The van der Waals surface area contributed by atoms with Gasteiger partial charge in [-0.2, -0.15) is 0 Å². The van der Waals surface area contributed by atoms with Crippen LogP contribution in [0, 0.1) is 23.7 Å². The number of carbonyl (C=O) groups is 1. The van der Waals surface area contributed by atoms with Crippen molar-refractivity contribution in [2.45, 2.75) is 52.4 Å². The zero-order chi connectivity index (χ0) is 17.5. The highest BCUT2D eigenvalue weighted by molar-refractivity contribution is 5.53. The zero-order valence-corrected chi connectivity index (χ0v) is 15.6. The van der Waals surface area contributed by atoms with E-state index >= 15 is 0 Å². The van der Waals surface area contributed by atoms with E-state index in [1.807, 2.05) is 0 Å². The van der Waals surface area contributed by atoms with Crippen LogP contribution in [0.1, 0.15) is 52.4 Å². The monoisotopic (exact) mass is 332 g/mol. The molecule has 2 aliphatic rings. The molecule has 0 aromatic rings. The van der Waals surface area contributed by atoms with Crippen LogP contribution in [0.25, 0.3) is 0 Å². The average molecular weight is 332 g/mol. The Hall–Kier alpha value is -1.51.